The van der Waals surface area contributed by atoms with E-state index in [1.807, 2.05) is 18.2 Å². The van der Waals surface area contributed by atoms with Crippen molar-refractivity contribution in [2.45, 2.75) is 43.2 Å². The van der Waals surface area contributed by atoms with Crippen LogP contribution in [0.2, 0.25) is 0 Å². The number of hydrogen-bond donors (Lipinski definition) is 1. The van der Waals surface area contributed by atoms with Gasteiger partial charge >= 0.3 is 0 Å². The van der Waals surface area contributed by atoms with Gasteiger partial charge in [-0.1, -0.05) is 30.3 Å². The number of benzene rings is 1. The molecule has 3 fully saturated rings. The molecule has 0 amide bonds. The van der Waals surface area contributed by atoms with Gasteiger partial charge in [-0.25, -0.2) is 0 Å². The quantitative estimate of drug-likeness (QED) is 0.923. The van der Waals surface area contributed by atoms with E-state index in [0.29, 0.717) is 6.42 Å². The summed E-state index contributed by atoms with van der Waals surface area (Å²) in [5.41, 5.74) is 0.403. The highest BCUT2D eigenvalue weighted by molar-refractivity contribution is 7.98. The van der Waals surface area contributed by atoms with Crippen molar-refractivity contribution in [3.8, 4) is 0 Å². The van der Waals surface area contributed by atoms with Crippen LogP contribution in [0.15, 0.2) is 30.3 Å². The van der Waals surface area contributed by atoms with Gasteiger partial charge < -0.3 is 14.6 Å². The van der Waals surface area contributed by atoms with Crippen LogP contribution in [-0.2, 0) is 20.0 Å². The van der Waals surface area contributed by atoms with Gasteiger partial charge in [-0.2, -0.15) is 11.8 Å². The number of fused-ring (bicyclic) bond motifs is 2. The zero-order valence-corrected chi connectivity index (χ0v) is 13.3. The first-order valence-corrected chi connectivity index (χ1v) is 8.89. The molecule has 1 aromatic rings. The highest BCUT2D eigenvalue weighted by atomic mass is 32.2. The molecule has 0 aromatic heterocycles. The summed E-state index contributed by atoms with van der Waals surface area (Å²) in [5.74, 6) is 0.544. The van der Waals surface area contributed by atoms with Crippen molar-refractivity contribution >= 4 is 17.5 Å². The molecule has 0 radical (unpaired) electrons. The Labute approximate surface area is 134 Å². The molecule has 118 valence electrons. The average molecular weight is 320 g/mol. The minimum atomic E-state index is -1.28. The normalized spacial score (nSPS) is 42.8. The second-order valence-corrected chi connectivity index (χ2v) is 7.77. The molecule has 1 aromatic carbocycles. The van der Waals surface area contributed by atoms with Gasteiger partial charge in [-0.3, -0.25) is 4.79 Å². The first-order valence-electron chi connectivity index (χ1n) is 7.73. The van der Waals surface area contributed by atoms with Crippen molar-refractivity contribution in [1.29, 1.82) is 0 Å². The standard InChI is InChI=1S/C17H20O4S/c1-16-8-14(18)12-7-17(16,19)21-15(20-16)13(12)10-22-9-11-5-3-2-4-6-11/h2-6,12-13,15,19H,7-10H2,1H3/t12-,13?,15+,16+,17-/m1/s1. The van der Waals surface area contributed by atoms with Crippen molar-refractivity contribution < 1.29 is 19.4 Å². The fraction of sp³-hybridized carbons (Fsp3) is 0.588. The third kappa shape index (κ3) is 2.14. The number of thioether (sulfide) groups is 1. The highest BCUT2D eigenvalue weighted by Gasteiger charge is 2.69. The first kappa shape index (κ1) is 14.7. The number of ether oxygens (including phenoxy) is 2. The number of carbonyl (C=O) groups excluding carboxylic acids is 1. The fourth-order valence-electron chi connectivity index (χ4n) is 3.85. The maximum absolute atomic E-state index is 12.4. The zero-order chi connectivity index (χ0) is 15.4. The van der Waals surface area contributed by atoms with Crippen LogP contribution in [0.25, 0.3) is 0 Å². The van der Waals surface area contributed by atoms with Crippen LogP contribution < -0.4 is 0 Å². The first-order chi connectivity index (χ1) is 10.5. The van der Waals surface area contributed by atoms with Crippen LogP contribution in [0.1, 0.15) is 25.3 Å². The van der Waals surface area contributed by atoms with Crippen molar-refractivity contribution in [2.24, 2.45) is 11.8 Å². The van der Waals surface area contributed by atoms with Crippen molar-refractivity contribution in [2.75, 3.05) is 5.75 Å². The van der Waals surface area contributed by atoms with Crippen LogP contribution in [0.4, 0.5) is 0 Å². The van der Waals surface area contributed by atoms with E-state index in [0.717, 1.165) is 11.5 Å². The summed E-state index contributed by atoms with van der Waals surface area (Å²) < 4.78 is 11.7. The smallest absolute Gasteiger partial charge is 0.198 e. The molecule has 5 atom stereocenters. The van der Waals surface area contributed by atoms with Gasteiger partial charge in [-0.05, 0) is 12.5 Å². The molecule has 1 unspecified atom stereocenters. The van der Waals surface area contributed by atoms with Crippen molar-refractivity contribution in [3.05, 3.63) is 35.9 Å². The number of ketones is 1. The summed E-state index contributed by atoms with van der Waals surface area (Å²) in [6.07, 6.45) is 0.170. The molecule has 2 saturated heterocycles. The monoisotopic (exact) mass is 320 g/mol. The van der Waals surface area contributed by atoms with E-state index >= 15 is 0 Å². The summed E-state index contributed by atoms with van der Waals surface area (Å²) in [6.45, 7) is 1.79. The number of hydrogen-bond acceptors (Lipinski definition) is 5. The van der Waals surface area contributed by atoms with Crippen LogP contribution in [0.3, 0.4) is 0 Å². The van der Waals surface area contributed by atoms with E-state index in [9.17, 15) is 9.90 Å². The number of Topliss-reactive ketones (excluding diaryl/α,β-unsaturated/α-hetero) is 1. The molecule has 3 aliphatic rings. The van der Waals surface area contributed by atoms with Gasteiger partial charge in [0.25, 0.3) is 0 Å². The van der Waals surface area contributed by atoms with Crippen LogP contribution in [0.5, 0.6) is 0 Å². The summed E-state index contributed by atoms with van der Waals surface area (Å²) in [5, 5.41) is 10.6. The minimum Gasteiger partial charge on any atom is -0.363 e. The Bertz CT molecular complexity index is 592. The summed E-state index contributed by atoms with van der Waals surface area (Å²) in [7, 11) is 0. The van der Waals surface area contributed by atoms with E-state index in [-0.39, 0.29) is 24.0 Å². The molecule has 2 heterocycles. The maximum Gasteiger partial charge on any atom is 0.198 e. The molecule has 4 rings (SSSR count). The molecule has 1 aliphatic carbocycles. The lowest BCUT2D eigenvalue weighted by Crippen LogP contribution is -2.59. The largest absolute Gasteiger partial charge is 0.363 e. The molecule has 3 bridgehead atoms. The molecule has 4 nitrogen and oxygen atoms in total. The van der Waals surface area contributed by atoms with Gasteiger partial charge in [0.1, 0.15) is 11.4 Å². The molecule has 5 heteroatoms. The lowest BCUT2D eigenvalue weighted by Gasteiger charge is -2.45. The zero-order valence-electron chi connectivity index (χ0n) is 12.5. The second-order valence-electron chi connectivity index (χ2n) is 6.74. The lowest BCUT2D eigenvalue weighted by atomic mass is 9.70. The predicted molar refractivity (Wildman–Crippen MR) is 83.1 cm³/mol. The van der Waals surface area contributed by atoms with E-state index in [1.165, 1.54) is 5.56 Å². The highest BCUT2D eigenvalue weighted by Crippen LogP contribution is 2.56. The van der Waals surface area contributed by atoms with Crippen molar-refractivity contribution in [3.63, 3.8) is 0 Å². The van der Waals surface area contributed by atoms with Gasteiger partial charge in [0.2, 0.25) is 0 Å². The molecule has 1 N–H and O–H groups in total. The predicted octanol–water partition coefficient (Wildman–Crippen LogP) is 2.35. The Morgan fingerprint density at radius 3 is 2.86 bits per heavy atom. The molecule has 0 spiro atoms. The van der Waals surface area contributed by atoms with Crippen LogP contribution in [0, 0.1) is 11.8 Å². The van der Waals surface area contributed by atoms with Gasteiger partial charge in [0.05, 0.1) is 0 Å². The molecular weight excluding hydrogens is 300 g/mol. The lowest BCUT2D eigenvalue weighted by molar-refractivity contribution is -0.266. The van der Waals surface area contributed by atoms with E-state index < -0.39 is 17.7 Å². The Kier molecular flexibility index (Phi) is 3.38. The number of aliphatic hydroxyl groups is 1. The minimum absolute atomic E-state index is 0.0332. The van der Waals surface area contributed by atoms with Gasteiger partial charge in [0.15, 0.2) is 12.1 Å². The molecule has 22 heavy (non-hydrogen) atoms. The SMILES string of the molecule is C[C@]12CC(=O)[C@@H]3C[C@@]1(O)O[C@H](O2)C3CSCc1ccccc1. The van der Waals surface area contributed by atoms with E-state index in [1.54, 1.807) is 18.7 Å². The summed E-state index contributed by atoms with van der Waals surface area (Å²) in [4.78, 5) is 12.4. The Morgan fingerprint density at radius 1 is 1.32 bits per heavy atom. The number of rotatable bonds is 4. The molecular formula is C17H20O4S. The van der Waals surface area contributed by atoms with E-state index in [2.05, 4.69) is 12.1 Å². The molecule has 1 saturated carbocycles. The van der Waals surface area contributed by atoms with Crippen LogP contribution in [-0.4, -0.2) is 34.3 Å². The average Bonchev–Trinajstić information content (AvgIpc) is 2.65. The summed E-state index contributed by atoms with van der Waals surface area (Å²) in [6, 6.07) is 10.3. The van der Waals surface area contributed by atoms with E-state index in [4.69, 9.17) is 9.47 Å². The topological polar surface area (TPSA) is 55.8 Å². The fourth-order valence-corrected chi connectivity index (χ4v) is 5.05. The second kappa shape index (κ2) is 5.06. The number of carbonyl (C=O) groups is 1. The Hall–Kier alpha value is -0.880. The van der Waals surface area contributed by atoms with Crippen LogP contribution >= 0.6 is 11.8 Å². The Balaban J connectivity index is 1.46. The van der Waals surface area contributed by atoms with Crippen molar-refractivity contribution in [1.82, 2.24) is 0 Å². The van der Waals surface area contributed by atoms with Gasteiger partial charge in [-0.15, -0.1) is 0 Å². The summed E-state index contributed by atoms with van der Waals surface area (Å²) >= 11 is 1.79. The van der Waals surface area contributed by atoms with Gasteiger partial charge in [0, 0.05) is 36.2 Å². The molecule has 2 aliphatic heterocycles. The third-order valence-electron chi connectivity index (χ3n) is 5.22. The maximum atomic E-state index is 12.4. The third-order valence-corrected chi connectivity index (χ3v) is 6.38. The Morgan fingerprint density at radius 2 is 2.09 bits per heavy atom.